The zero-order valence-electron chi connectivity index (χ0n) is 9.58. The molecule has 0 aliphatic heterocycles. The molecule has 18 heavy (non-hydrogen) atoms. The van der Waals surface area contributed by atoms with E-state index >= 15 is 0 Å². The molecule has 0 fully saturated rings. The summed E-state index contributed by atoms with van der Waals surface area (Å²) >= 11 is 1.58. The number of thiazole rings is 1. The molecular formula is C14H11N3S. The van der Waals surface area contributed by atoms with Gasteiger partial charge in [0, 0.05) is 17.1 Å². The van der Waals surface area contributed by atoms with Crippen LogP contribution in [-0.4, -0.2) is 9.97 Å². The van der Waals surface area contributed by atoms with E-state index in [-0.39, 0.29) is 0 Å². The molecule has 0 radical (unpaired) electrons. The molecule has 1 aromatic carbocycles. The minimum atomic E-state index is 0.520. The molecule has 2 heterocycles. The zero-order valence-corrected chi connectivity index (χ0v) is 10.4. The lowest BCUT2D eigenvalue weighted by Crippen LogP contribution is -1.92. The van der Waals surface area contributed by atoms with Gasteiger partial charge in [0.15, 0.2) is 0 Å². The molecule has 3 rings (SSSR count). The number of rotatable bonds is 2. The van der Waals surface area contributed by atoms with Gasteiger partial charge in [-0.15, -0.1) is 11.3 Å². The zero-order chi connectivity index (χ0) is 12.4. The van der Waals surface area contributed by atoms with Crippen molar-refractivity contribution in [2.24, 2.45) is 0 Å². The first-order chi connectivity index (χ1) is 8.84. The molecule has 0 bridgehead atoms. The normalized spacial score (nSPS) is 10.4. The van der Waals surface area contributed by atoms with Crippen molar-refractivity contribution in [3.63, 3.8) is 0 Å². The molecule has 88 valence electrons. The van der Waals surface area contributed by atoms with Crippen LogP contribution in [0.15, 0.2) is 54.0 Å². The molecular weight excluding hydrogens is 242 g/mol. The quantitative estimate of drug-likeness (QED) is 0.761. The first kappa shape index (κ1) is 10.9. The van der Waals surface area contributed by atoms with Crippen LogP contribution in [0.25, 0.3) is 21.8 Å². The summed E-state index contributed by atoms with van der Waals surface area (Å²) in [6.45, 7) is 0. The second-order valence-electron chi connectivity index (χ2n) is 3.84. The highest BCUT2D eigenvalue weighted by Gasteiger charge is 2.09. The SMILES string of the molecule is Nc1ncccc1-c1nc(-c2ccccc2)cs1. The van der Waals surface area contributed by atoms with E-state index < -0.39 is 0 Å². The molecule has 0 saturated carbocycles. The van der Waals surface area contributed by atoms with Crippen LogP contribution < -0.4 is 5.73 Å². The average molecular weight is 253 g/mol. The van der Waals surface area contributed by atoms with Crippen molar-refractivity contribution in [1.29, 1.82) is 0 Å². The van der Waals surface area contributed by atoms with E-state index in [0.29, 0.717) is 5.82 Å². The highest BCUT2D eigenvalue weighted by molar-refractivity contribution is 7.13. The Kier molecular flexibility index (Phi) is 2.78. The van der Waals surface area contributed by atoms with E-state index in [1.54, 1.807) is 17.5 Å². The number of nitrogens with zero attached hydrogens (tertiary/aromatic N) is 2. The lowest BCUT2D eigenvalue weighted by atomic mass is 10.2. The summed E-state index contributed by atoms with van der Waals surface area (Å²) in [4.78, 5) is 8.69. The maximum absolute atomic E-state index is 5.86. The third-order valence-electron chi connectivity index (χ3n) is 2.64. The Morgan fingerprint density at radius 3 is 2.61 bits per heavy atom. The second kappa shape index (κ2) is 4.58. The van der Waals surface area contributed by atoms with Crippen molar-refractivity contribution in [3.8, 4) is 21.8 Å². The molecule has 0 saturated heterocycles. The van der Waals surface area contributed by atoms with Gasteiger partial charge in [0.05, 0.1) is 11.3 Å². The van der Waals surface area contributed by atoms with Crippen LogP contribution in [-0.2, 0) is 0 Å². The van der Waals surface area contributed by atoms with Crippen LogP contribution in [0.4, 0.5) is 5.82 Å². The van der Waals surface area contributed by atoms with Crippen molar-refractivity contribution >= 4 is 17.2 Å². The number of nitrogen functional groups attached to an aromatic ring is 1. The predicted molar refractivity (Wildman–Crippen MR) is 75.2 cm³/mol. The topological polar surface area (TPSA) is 51.8 Å². The van der Waals surface area contributed by atoms with Gasteiger partial charge in [-0.05, 0) is 12.1 Å². The van der Waals surface area contributed by atoms with Gasteiger partial charge in [0.25, 0.3) is 0 Å². The Morgan fingerprint density at radius 2 is 1.83 bits per heavy atom. The van der Waals surface area contributed by atoms with Gasteiger partial charge in [0.2, 0.25) is 0 Å². The van der Waals surface area contributed by atoms with Crippen molar-refractivity contribution in [2.45, 2.75) is 0 Å². The molecule has 0 spiro atoms. The van der Waals surface area contributed by atoms with E-state index in [2.05, 4.69) is 9.97 Å². The standard InChI is InChI=1S/C14H11N3S/c15-13-11(7-4-8-16-13)14-17-12(9-18-14)10-5-2-1-3-6-10/h1-9H,(H2,15,16). The molecule has 0 atom stereocenters. The van der Waals surface area contributed by atoms with Crippen LogP contribution in [0.5, 0.6) is 0 Å². The van der Waals surface area contributed by atoms with Crippen molar-refractivity contribution < 1.29 is 0 Å². The fourth-order valence-corrected chi connectivity index (χ4v) is 2.60. The minimum absolute atomic E-state index is 0.520. The fourth-order valence-electron chi connectivity index (χ4n) is 1.74. The third-order valence-corrected chi connectivity index (χ3v) is 3.52. The van der Waals surface area contributed by atoms with Gasteiger partial charge in [-0.3, -0.25) is 0 Å². The minimum Gasteiger partial charge on any atom is -0.383 e. The number of aromatic nitrogens is 2. The van der Waals surface area contributed by atoms with E-state index in [4.69, 9.17) is 5.73 Å². The van der Waals surface area contributed by atoms with E-state index in [1.165, 1.54) is 0 Å². The number of hydrogen-bond donors (Lipinski definition) is 1. The van der Waals surface area contributed by atoms with Crippen LogP contribution in [0.2, 0.25) is 0 Å². The molecule has 0 aliphatic rings. The van der Waals surface area contributed by atoms with Crippen LogP contribution in [0, 0.1) is 0 Å². The highest BCUT2D eigenvalue weighted by Crippen LogP contribution is 2.30. The molecule has 2 aromatic heterocycles. The monoisotopic (exact) mass is 253 g/mol. The summed E-state index contributed by atoms with van der Waals surface area (Å²) < 4.78 is 0. The van der Waals surface area contributed by atoms with E-state index in [0.717, 1.165) is 21.8 Å². The number of benzene rings is 1. The third kappa shape index (κ3) is 1.98. The number of hydrogen-bond acceptors (Lipinski definition) is 4. The molecule has 3 aromatic rings. The average Bonchev–Trinajstić information content (AvgIpc) is 2.90. The Labute approximate surface area is 109 Å². The lowest BCUT2D eigenvalue weighted by molar-refractivity contribution is 1.32. The summed E-state index contributed by atoms with van der Waals surface area (Å²) in [6.07, 6.45) is 1.69. The van der Waals surface area contributed by atoms with Gasteiger partial charge in [0.1, 0.15) is 10.8 Å². The fraction of sp³-hybridized carbons (Fsp3) is 0. The van der Waals surface area contributed by atoms with E-state index in [9.17, 15) is 0 Å². The van der Waals surface area contributed by atoms with Gasteiger partial charge in [-0.1, -0.05) is 30.3 Å². The number of pyridine rings is 1. The summed E-state index contributed by atoms with van der Waals surface area (Å²) in [5, 5.41) is 2.94. The summed E-state index contributed by atoms with van der Waals surface area (Å²) in [6, 6.07) is 13.9. The van der Waals surface area contributed by atoms with Gasteiger partial charge in [-0.25, -0.2) is 9.97 Å². The molecule has 2 N–H and O–H groups in total. The first-order valence-corrected chi connectivity index (χ1v) is 6.44. The summed E-state index contributed by atoms with van der Waals surface area (Å²) in [5.74, 6) is 0.520. The van der Waals surface area contributed by atoms with Crippen LogP contribution >= 0.6 is 11.3 Å². The highest BCUT2D eigenvalue weighted by atomic mass is 32.1. The summed E-state index contributed by atoms with van der Waals surface area (Å²) in [5.41, 5.74) is 8.83. The Balaban J connectivity index is 2.03. The lowest BCUT2D eigenvalue weighted by Gasteiger charge is -1.99. The van der Waals surface area contributed by atoms with Crippen molar-refractivity contribution in [1.82, 2.24) is 9.97 Å². The van der Waals surface area contributed by atoms with Gasteiger partial charge in [-0.2, -0.15) is 0 Å². The molecule has 3 nitrogen and oxygen atoms in total. The number of anilines is 1. The van der Waals surface area contributed by atoms with Gasteiger partial charge >= 0.3 is 0 Å². The Hall–Kier alpha value is -2.20. The van der Waals surface area contributed by atoms with Crippen molar-refractivity contribution in [3.05, 3.63) is 54.0 Å². The van der Waals surface area contributed by atoms with E-state index in [1.807, 2.05) is 47.8 Å². The predicted octanol–water partition coefficient (Wildman–Crippen LogP) is 3.45. The Bertz CT molecular complexity index is 662. The molecule has 0 amide bonds. The molecule has 0 unspecified atom stereocenters. The molecule has 0 aliphatic carbocycles. The molecule has 4 heteroatoms. The number of nitrogens with two attached hydrogens (primary N) is 1. The first-order valence-electron chi connectivity index (χ1n) is 5.56. The largest absolute Gasteiger partial charge is 0.383 e. The van der Waals surface area contributed by atoms with Gasteiger partial charge < -0.3 is 5.73 Å². The van der Waals surface area contributed by atoms with Crippen molar-refractivity contribution in [2.75, 3.05) is 5.73 Å². The summed E-state index contributed by atoms with van der Waals surface area (Å²) in [7, 11) is 0. The van der Waals surface area contributed by atoms with Crippen LogP contribution in [0.3, 0.4) is 0 Å². The maximum Gasteiger partial charge on any atom is 0.133 e. The van der Waals surface area contributed by atoms with Crippen LogP contribution in [0.1, 0.15) is 0 Å². The maximum atomic E-state index is 5.86. The Morgan fingerprint density at radius 1 is 1.00 bits per heavy atom. The second-order valence-corrected chi connectivity index (χ2v) is 4.70. The smallest absolute Gasteiger partial charge is 0.133 e.